The minimum atomic E-state index is -0.144. The van der Waals surface area contributed by atoms with Crippen LogP contribution in [0.4, 0.5) is 5.69 Å². The molecule has 3 aromatic rings. The van der Waals surface area contributed by atoms with E-state index in [1.54, 1.807) is 6.07 Å². The molecule has 0 saturated carbocycles. The number of aromatic hydroxyl groups is 2. The molecule has 2 aliphatic heterocycles. The van der Waals surface area contributed by atoms with Crippen molar-refractivity contribution in [3.8, 4) is 22.8 Å². The van der Waals surface area contributed by atoms with Crippen LogP contribution in [-0.2, 0) is 24.2 Å². The van der Waals surface area contributed by atoms with E-state index in [9.17, 15) is 10.2 Å². The number of phenolic OH excluding ortho intramolecular Hbond substituents is 2. The highest BCUT2D eigenvalue weighted by atomic mass is 35.5. The maximum Gasteiger partial charge on any atom is 0.137 e. The van der Waals surface area contributed by atoms with E-state index in [2.05, 4.69) is 44.3 Å². The molecule has 7 nitrogen and oxygen atoms in total. The van der Waals surface area contributed by atoms with Crippen molar-refractivity contribution in [3.05, 3.63) is 58.2 Å². The summed E-state index contributed by atoms with van der Waals surface area (Å²) in [5.74, 6) is -0.179. The number of phenols is 2. The predicted molar refractivity (Wildman–Crippen MR) is 120 cm³/mol. The van der Waals surface area contributed by atoms with Crippen molar-refractivity contribution in [1.82, 2.24) is 15.1 Å². The Morgan fingerprint density at radius 1 is 1.03 bits per heavy atom. The molecular weight excluding hydrogens is 416 g/mol. The maximum absolute atomic E-state index is 10.3. The second kappa shape index (κ2) is 8.42. The van der Waals surface area contributed by atoms with Gasteiger partial charge >= 0.3 is 0 Å². The smallest absolute Gasteiger partial charge is 0.137 e. The van der Waals surface area contributed by atoms with E-state index < -0.39 is 0 Å². The molecule has 0 radical (unpaired) electrons. The van der Waals surface area contributed by atoms with Crippen LogP contribution < -0.4 is 4.90 Å². The van der Waals surface area contributed by atoms with Gasteiger partial charge in [0.2, 0.25) is 0 Å². The molecule has 0 unspecified atom stereocenters. The highest BCUT2D eigenvalue weighted by molar-refractivity contribution is 6.32. The first-order chi connectivity index (χ1) is 15.1. The Labute approximate surface area is 185 Å². The second-order valence-electron chi connectivity index (χ2n) is 8.08. The summed E-state index contributed by atoms with van der Waals surface area (Å²) in [6.07, 6.45) is 0.862. The summed E-state index contributed by atoms with van der Waals surface area (Å²) in [4.78, 5) is 4.73. The number of ether oxygens (including phenoxy) is 1. The number of hydrogen-bond acceptors (Lipinski definition) is 6. The third kappa shape index (κ3) is 4.08. The van der Waals surface area contributed by atoms with Crippen LogP contribution in [0.15, 0.2) is 36.4 Å². The molecule has 162 valence electrons. The van der Waals surface area contributed by atoms with Gasteiger partial charge in [-0.15, -0.1) is 0 Å². The molecule has 2 aromatic carbocycles. The SMILES string of the molecule is Oc1cc(O)c(-c2n[nH]c3c2CN(Cc2ccc(N4CCOCC4)cc2)CC3)cc1Cl. The Morgan fingerprint density at radius 2 is 1.81 bits per heavy atom. The molecule has 31 heavy (non-hydrogen) atoms. The lowest BCUT2D eigenvalue weighted by Gasteiger charge is -2.29. The van der Waals surface area contributed by atoms with Crippen molar-refractivity contribution >= 4 is 17.3 Å². The first-order valence-electron chi connectivity index (χ1n) is 10.5. The van der Waals surface area contributed by atoms with Gasteiger partial charge in [-0.2, -0.15) is 5.10 Å². The molecular formula is C23H25ClN4O3. The van der Waals surface area contributed by atoms with Gasteiger partial charge in [-0.1, -0.05) is 23.7 Å². The van der Waals surface area contributed by atoms with Gasteiger partial charge in [0.15, 0.2) is 0 Å². The van der Waals surface area contributed by atoms with E-state index in [1.165, 1.54) is 17.3 Å². The molecule has 1 saturated heterocycles. The molecule has 0 spiro atoms. The summed E-state index contributed by atoms with van der Waals surface area (Å²) in [6.45, 7) is 5.94. The lowest BCUT2D eigenvalue weighted by Crippen LogP contribution is -2.36. The van der Waals surface area contributed by atoms with Crippen LogP contribution in [0.1, 0.15) is 16.8 Å². The molecule has 1 aromatic heterocycles. The highest BCUT2D eigenvalue weighted by Crippen LogP contribution is 2.39. The van der Waals surface area contributed by atoms with Gasteiger partial charge in [-0.05, 0) is 23.8 Å². The monoisotopic (exact) mass is 440 g/mol. The largest absolute Gasteiger partial charge is 0.507 e. The molecule has 5 rings (SSSR count). The third-order valence-electron chi connectivity index (χ3n) is 6.05. The van der Waals surface area contributed by atoms with Crippen molar-refractivity contribution in [2.75, 3.05) is 37.7 Å². The van der Waals surface area contributed by atoms with Gasteiger partial charge in [0.05, 0.1) is 18.2 Å². The standard InChI is InChI=1S/C23H25ClN4O3/c24-19-11-17(21(29)12-22(19)30)23-18-14-27(6-5-20(18)25-26-23)13-15-1-3-16(4-2-15)28-7-9-31-10-8-28/h1-4,11-12,29-30H,5-10,13-14H2,(H,25,26). The number of benzene rings is 2. The van der Waals surface area contributed by atoms with Gasteiger partial charge in [0.25, 0.3) is 0 Å². The van der Waals surface area contributed by atoms with Crippen LogP contribution in [0.5, 0.6) is 11.5 Å². The summed E-state index contributed by atoms with van der Waals surface area (Å²) in [6, 6.07) is 11.6. The van der Waals surface area contributed by atoms with Crippen LogP contribution in [0.25, 0.3) is 11.3 Å². The van der Waals surface area contributed by atoms with E-state index in [-0.39, 0.29) is 16.5 Å². The number of nitrogens with zero attached hydrogens (tertiary/aromatic N) is 3. The van der Waals surface area contributed by atoms with E-state index in [1.807, 2.05) is 0 Å². The molecule has 0 atom stereocenters. The average molecular weight is 441 g/mol. The minimum Gasteiger partial charge on any atom is -0.507 e. The van der Waals surface area contributed by atoms with Crippen molar-refractivity contribution in [1.29, 1.82) is 0 Å². The highest BCUT2D eigenvalue weighted by Gasteiger charge is 2.25. The molecule has 0 amide bonds. The number of anilines is 1. The number of hydrogen-bond donors (Lipinski definition) is 3. The van der Waals surface area contributed by atoms with E-state index in [4.69, 9.17) is 16.3 Å². The fourth-order valence-electron chi connectivity index (χ4n) is 4.34. The van der Waals surface area contributed by atoms with Crippen LogP contribution in [-0.4, -0.2) is 58.2 Å². The fourth-order valence-corrected chi connectivity index (χ4v) is 4.50. The van der Waals surface area contributed by atoms with Crippen LogP contribution in [0, 0.1) is 0 Å². The maximum atomic E-state index is 10.3. The first kappa shape index (κ1) is 20.2. The number of nitrogens with one attached hydrogen (secondary N) is 1. The van der Waals surface area contributed by atoms with Crippen LogP contribution >= 0.6 is 11.6 Å². The number of aromatic nitrogens is 2. The zero-order valence-corrected chi connectivity index (χ0v) is 17.9. The van der Waals surface area contributed by atoms with Crippen molar-refractivity contribution in [3.63, 3.8) is 0 Å². The van der Waals surface area contributed by atoms with E-state index in [0.29, 0.717) is 11.3 Å². The number of aromatic amines is 1. The third-order valence-corrected chi connectivity index (χ3v) is 6.35. The molecule has 3 heterocycles. The summed E-state index contributed by atoms with van der Waals surface area (Å²) >= 11 is 6.07. The molecule has 8 heteroatoms. The number of rotatable bonds is 4. The van der Waals surface area contributed by atoms with Crippen molar-refractivity contribution in [2.24, 2.45) is 0 Å². The Morgan fingerprint density at radius 3 is 2.58 bits per heavy atom. The quantitative estimate of drug-likeness (QED) is 0.575. The zero-order valence-electron chi connectivity index (χ0n) is 17.1. The van der Waals surface area contributed by atoms with E-state index in [0.717, 1.165) is 63.6 Å². The molecule has 3 N–H and O–H groups in total. The second-order valence-corrected chi connectivity index (χ2v) is 8.48. The van der Waals surface area contributed by atoms with Gasteiger partial charge in [0, 0.05) is 67.7 Å². The number of halogens is 1. The van der Waals surface area contributed by atoms with Gasteiger partial charge in [-0.3, -0.25) is 10.00 Å². The Hall–Kier alpha value is -2.74. The summed E-state index contributed by atoms with van der Waals surface area (Å²) < 4.78 is 5.44. The summed E-state index contributed by atoms with van der Waals surface area (Å²) in [5, 5.41) is 27.8. The summed E-state index contributed by atoms with van der Waals surface area (Å²) in [7, 11) is 0. The van der Waals surface area contributed by atoms with Crippen LogP contribution in [0.2, 0.25) is 5.02 Å². The normalized spacial score (nSPS) is 17.0. The molecule has 2 aliphatic rings. The number of H-pyrrole nitrogens is 1. The lowest BCUT2D eigenvalue weighted by atomic mass is 9.99. The minimum absolute atomic E-state index is 0.0352. The Balaban J connectivity index is 1.32. The molecule has 0 bridgehead atoms. The van der Waals surface area contributed by atoms with Crippen molar-refractivity contribution in [2.45, 2.75) is 19.5 Å². The van der Waals surface area contributed by atoms with Crippen molar-refractivity contribution < 1.29 is 14.9 Å². The Bertz CT molecular complexity index is 1080. The van der Waals surface area contributed by atoms with Gasteiger partial charge < -0.3 is 19.8 Å². The average Bonchev–Trinajstić information content (AvgIpc) is 3.20. The summed E-state index contributed by atoms with van der Waals surface area (Å²) in [5.41, 5.74) is 5.86. The van der Waals surface area contributed by atoms with Gasteiger partial charge in [0.1, 0.15) is 17.2 Å². The molecule has 1 fully saturated rings. The number of morpholine rings is 1. The lowest BCUT2D eigenvalue weighted by molar-refractivity contribution is 0.122. The predicted octanol–water partition coefficient (Wildman–Crippen LogP) is 3.54. The topological polar surface area (TPSA) is 84.8 Å². The van der Waals surface area contributed by atoms with Gasteiger partial charge in [-0.25, -0.2) is 0 Å². The first-order valence-corrected chi connectivity index (χ1v) is 10.9. The van der Waals surface area contributed by atoms with Crippen LogP contribution in [0.3, 0.4) is 0 Å². The zero-order chi connectivity index (χ0) is 21.4. The number of fused-ring (bicyclic) bond motifs is 1. The fraction of sp³-hybridized carbons (Fsp3) is 0.348. The molecule has 0 aliphatic carbocycles. The van der Waals surface area contributed by atoms with E-state index >= 15 is 0 Å². The Kier molecular flexibility index (Phi) is 5.48.